The van der Waals surface area contributed by atoms with Gasteiger partial charge in [0.25, 0.3) is 0 Å². The minimum atomic E-state index is -0.259. The van der Waals surface area contributed by atoms with Crippen LogP contribution in [-0.2, 0) is 5.75 Å². The van der Waals surface area contributed by atoms with E-state index in [1.807, 2.05) is 22.1 Å². The first-order valence-electron chi connectivity index (χ1n) is 10.8. The molecule has 0 amide bonds. The van der Waals surface area contributed by atoms with E-state index in [0.29, 0.717) is 11.6 Å². The lowest BCUT2D eigenvalue weighted by Crippen LogP contribution is -2.33. The van der Waals surface area contributed by atoms with Gasteiger partial charge in [-0.3, -0.25) is 9.47 Å². The Morgan fingerprint density at radius 3 is 2.69 bits per heavy atom. The summed E-state index contributed by atoms with van der Waals surface area (Å²) in [5.41, 5.74) is 1.70. The first-order chi connectivity index (χ1) is 15.7. The summed E-state index contributed by atoms with van der Waals surface area (Å²) in [6, 6.07) is 10.6. The van der Waals surface area contributed by atoms with Gasteiger partial charge in [-0.1, -0.05) is 24.2 Å². The van der Waals surface area contributed by atoms with E-state index in [4.69, 9.17) is 4.42 Å². The second kappa shape index (κ2) is 9.56. The molecular weight excluding hydrogens is 445 g/mol. The molecule has 0 N–H and O–H groups in total. The van der Waals surface area contributed by atoms with Crippen LogP contribution in [0.15, 0.2) is 57.6 Å². The van der Waals surface area contributed by atoms with Crippen LogP contribution in [0.2, 0.25) is 0 Å². The molecule has 32 heavy (non-hydrogen) atoms. The summed E-state index contributed by atoms with van der Waals surface area (Å²) in [6.45, 7) is 4.30. The van der Waals surface area contributed by atoms with Crippen LogP contribution in [0.25, 0.3) is 16.5 Å². The monoisotopic (exact) mass is 469 g/mol. The third-order valence-corrected chi connectivity index (χ3v) is 7.51. The molecule has 0 spiro atoms. The van der Waals surface area contributed by atoms with Crippen LogP contribution in [0.3, 0.4) is 0 Å². The Morgan fingerprint density at radius 2 is 1.94 bits per heavy atom. The van der Waals surface area contributed by atoms with Gasteiger partial charge in [-0.15, -0.1) is 21.5 Å². The van der Waals surface area contributed by atoms with Gasteiger partial charge in [-0.05, 0) is 68.6 Å². The lowest BCUT2D eigenvalue weighted by molar-refractivity contribution is 0.167. The van der Waals surface area contributed by atoms with Crippen LogP contribution in [0, 0.1) is 5.82 Å². The maximum atomic E-state index is 13.6. The topological polar surface area (TPSA) is 60.0 Å². The minimum absolute atomic E-state index is 0.125. The highest BCUT2D eigenvalue weighted by Crippen LogP contribution is 2.31. The molecule has 4 aromatic rings. The Balaban J connectivity index is 1.41. The predicted octanol–water partition coefficient (Wildman–Crippen LogP) is 5.96. The molecule has 1 fully saturated rings. The number of thiophene rings is 1. The molecule has 1 atom stereocenters. The molecule has 3 aromatic heterocycles. The van der Waals surface area contributed by atoms with E-state index in [9.17, 15) is 4.39 Å². The summed E-state index contributed by atoms with van der Waals surface area (Å²) < 4.78 is 21.3. The van der Waals surface area contributed by atoms with E-state index in [-0.39, 0.29) is 11.9 Å². The van der Waals surface area contributed by atoms with Crippen LogP contribution < -0.4 is 0 Å². The summed E-state index contributed by atoms with van der Waals surface area (Å²) >= 11 is 3.15. The van der Waals surface area contributed by atoms with Crippen molar-refractivity contribution in [3.05, 3.63) is 65.4 Å². The highest BCUT2D eigenvalue weighted by atomic mass is 32.2. The van der Waals surface area contributed by atoms with E-state index in [2.05, 4.69) is 27.0 Å². The molecule has 166 valence electrons. The number of thioether (sulfide) groups is 1. The number of hydrogen-bond acceptors (Lipinski definition) is 7. The number of piperidine rings is 1. The van der Waals surface area contributed by atoms with E-state index in [1.54, 1.807) is 41.5 Å². The number of rotatable bonds is 7. The van der Waals surface area contributed by atoms with Crippen LogP contribution >= 0.6 is 23.1 Å². The molecule has 1 aromatic carbocycles. The number of benzene rings is 1. The zero-order valence-electron chi connectivity index (χ0n) is 17.8. The first kappa shape index (κ1) is 21.4. The SMILES string of the molecule is C[C@@H](c1nnc(SCc2coc(-c3cccs3)n2)n1-c1ccc(F)cc1)N1CCCCC1. The van der Waals surface area contributed by atoms with Gasteiger partial charge < -0.3 is 4.42 Å². The fraction of sp³-hybridized carbons (Fsp3) is 0.348. The quantitative estimate of drug-likeness (QED) is 0.311. The number of halogens is 1. The van der Waals surface area contributed by atoms with Gasteiger partial charge in [0.15, 0.2) is 11.0 Å². The van der Waals surface area contributed by atoms with Gasteiger partial charge >= 0.3 is 0 Å². The van der Waals surface area contributed by atoms with Crippen molar-refractivity contribution < 1.29 is 8.81 Å². The van der Waals surface area contributed by atoms with Crippen molar-refractivity contribution in [1.82, 2.24) is 24.6 Å². The maximum Gasteiger partial charge on any atom is 0.236 e. The molecule has 0 radical (unpaired) electrons. The van der Waals surface area contributed by atoms with Crippen molar-refractivity contribution in [3.63, 3.8) is 0 Å². The Bertz CT molecular complexity index is 1150. The highest BCUT2D eigenvalue weighted by Gasteiger charge is 2.25. The Kier molecular flexibility index (Phi) is 6.38. The average molecular weight is 470 g/mol. The van der Waals surface area contributed by atoms with Crippen molar-refractivity contribution in [2.45, 2.75) is 43.1 Å². The lowest BCUT2D eigenvalue weighted by atomic mass is 10.1. The number of likely N-dealkylation sites (tertiary alicyclic amines) is 1. The van der Waals surface area contributed by atoms with Crippen molar-refractivity contribution in [2.75, 3.05) is 13.1 Å². The van der Waals surface area contributed by atoms with E-state index in [1.165, 1.54) is 31.4 Å². The summed E-state index contributed by atoms with van der Waals surface area (Å²) in [7, 11) is 0. The number of oxazole rings is 1. The highest BCUT2D eigenvalue weighted by molar-refractivity contribution is 7.98. The molecule has 1 aliphatic rings. The molecule has 0 saturated carbocycles. The van der Waals surface area contributed by atoms with E-state index in [0.717, 1.165) is 40.3 Å². The number of aromatic nitrogens is 4. The molecule has 1 aliphatic heterocycles. The molecule has 9 heteroatoms. The van der Waals surface area contributed by atoms with Gasteiger partial charge in [0.1, 0.15) is 12.1 Å². The maximum absolute atomic E-state index is 13.6. The van der Waals surface area contributed by atoms with Crippen molar-refractivity contribution in [1.29, 1.82) is 0 Å². The van der Waals surface area contributed by atoms with Gasteiger partial charge in [0, 0.05) is 11.4 Å². The molecule has 0 unspecified atom stereocenters. The van der Waals surface area contributed by atoms with E-state index < -0.39 is 0 Å². The number of nitrogens with zero attached hydrogens (tertiary/aromatic N) is 5. The molecule has 0 aliphatic carbocycles. The van der Waals surface area contributed by atoms with Crippen LogP contribution in [0.4, 0.5) is 4.39 Å². The largest absolute Gasteiger partial charge is 0.444 e. The Hall–Kier alpha value is -2.49. The average Bonchev–Trinajstić information content (AvgIpc) is 3.59. The lowest BCUT2D eigenvalue weighted by Gasteiger charge is -2.31. The Labute approximate surface area is 194 Å². The van der Waals surface area contributed by atoms with Gasteiger partial charge in [0.05, 0.1) is 16.6 Å². The van der Waals surface area contributed by atoms with Gasteiger partial charge in [0.2, 0.25) is 5.89 Å². The molecule has 1 saturated heterocycles. The van der Waals surface area contributed by atoms with Crippen molar-refractivity contribution in [2.24, 2.45) is 0 Å². The van der Waals surface area contributed by atoms with Gasteiger partial charge in [-0.25, -0.2) is 9.37 Å². The number of hydrogen-bond donors (Lipinski definition) is 0. The predicted molar refractivity (Wildman–Crippen MR) is 125 cm³/mol. The van der Waals surface area contributed by atoms with Crippen LogP contribution in [0.5, 0.6) is 0 Å². The second-order valence-corrected chi connectivity index (χ2v) is 9.73. The van der Waals surface area contributed by atoms with Crippen LogP contribution in [-0.4, -0.2) is 37.7 Å². The third-order valence-electron chi connectivity index (χ3n) is 5.69. The van der Waals surface area contributed by atoms with Crippen LogP contribution in [0.1, 0.15) is 43.7 Å². The third kappa shape index (κ3) is 4.51. The summed E-state index contributed by atoms with van der Waals surface area (Å²) in [5.74, 6) is 1.85. The van der Waals surface area contributed by atoms with Crippen molar-refractivity contribution in [3.8, 4) is 16.5 Å². The Morgan fingerprint density at radius 1 is 1.12 bits per heavy atom. The zero-order valence-corrected chi connectivity index (χ0v) is 19.4. The second-order valence-electron chi connectivity index (χ2n) is 7.84. The molecule has 4 heterocycles. The molecular formula is C23H24FN5OS2. The summed E-state index contributed by atoms with van der Waals surface area (Å²) in [6.07, 6.45) is 5.38. The van der Waals surface area contributed by atoms with E-state index >= 15 is 0 Å². The fourth-order valence-electron chi connectivity index (χ4n) is 3.97. The molecule has 5 rings (SSSR count). The van der Waals surface area contributed by atoms with Gasteiger partial charge in [-0.2, -0.15) is 0 Å². The molecule has 6 nitrogen and oxygen atoms in total. The molecule has 0 bridgehead atoms. The minimum Gasteiger partial charge on any atom is -0.444 e. The first-order valence-corrected chi connectivity index (χ1v) is 12.6. The summed E-state index contributed by atoms with van der Waals surface area (Å²) in [4.78, 5) is 8.06. The zero-order chi connectivity index (χ0) is 21.9. The van der Waals surface area contributed by atoms with Crippen molar-refractivity contribution >= 4 is 23.1 Å². The standard InChI is InChI=1S/C23H24FN5OS2/c1-16(28-11-3-2-4-12-28)21-26-27-23(29(21)19-9-7-17(24)8-10-19)32-15-18-14-30-22(25-18)20-6-5-13-31-20/h5-10,13-14,16H,2-4,11-12,15H2,1H3/t16-/m0/s1. The fourth-order valence-corrected chi connectivity index (χ4v) is 5.46. The normalized spacial score (nSPS) is 15.8. The smallest absolute Gasteiger partial charge is 0.236 e. The summed E-state index contributed by atoms with van der Waals surface area (Å²) in [5, 5.41) is 11.8.